The Balaban J connectivity index is 1.37. The number of fused-ring (bicyclic) bond motifs is 5. The van der Waals surface area contributed by atoms with Crippen molar-refractivity contribution in [3.05, 3.63) is 18.0 Å². The minimum atomic E-state index is -3.73. The van der Waals surface area contributed by atoms with Crippen molar-refractivity contribution in [2.45, 2.75) is 38.5 Å². The van der Waals surface area contributed by atoms with Crippen LogP contribution in [0.25, 0.3) is 16.6 Å². The number of benzene rings is 1. The highest BCUT2D eigenvalue weighted by atomic mass is 19.3. The van der Waals surface area contributed by atoms with Crippen LogP contribution >= 0.6 is 0 Å². The topological polar surface area (TPSA) is 103 Å². The van der Waals surface area contributed by atoms with Gasteiger partial charge in [0.15, 0.2) is 23.0 Å². The number of anilines is 1. The second-order valence-electron chi connectivity index (χ2n) is 8.35. The molecule has 0 spiro atoms. The predicted octanol–water partition coefficient (Wildman–Crippen LogP) is 2.04. The Morgan fingerprint density at radius 1 is 1.32 bits per heavy atom. The summed E-state index contributed by atoms with van der Waals surface area (Å²) < 4.78 is 37.6. The van der Waals surface area contributed by atoms with Gasteiger partial charge in [-0.05, 0) is 51.4 Å². The molecule has 1 saturated heterocycles. The summed E-state index contributed by atoms with van der Waals surface area (Å²) in [4.78, 5) is 11.1. The van der Waals surface area contributed by atoms with Crippen LogP contribution in [0.1, 0.15) is 25.6 Å². The number of hydrogen-bond acceptors (Lipinski definition) is 8. The Hall–Kier alpha value is -2.79. The zero-order chi connectivity index (χ0) is 21.8. The summed E-state index contributed by atoms with van der Waals surface area (Å²) in [7, 11) is 2.10. The lowest BCUT2D eigenvalue weighted by atomic mass is 9.91. The van der Waals surface area contributed by atoms with Gasteiger partial charge >= 0.3 is 6.29 Å². The zero-order valence-corrected chi connectivity index (χ0v) is 17.4. The van der Waals surface area contributed by atoms with E-state index in [1.165, 1.54) is 23.4 Å². The van der Waals surface area contributed by atoms with E-state index in [4.69, 9.17) is 5.73 Å². The largest absolute Gasteiger partial charge is 0.586 e. The summed E-state index contributed by atoms with van der Waals surface area (Å²) in [5.41, 5.74) is 6.67. The molecule has 5 rings (SSSR count). The number of hydrogen-bond donors (Lipinski definition) is 2. The maximum atomic E-state index is 13.5. The highest BCUT2D eigenvalue weighted by Crippen LogP contribution is 2.45. The SMILES string of the molecule is C[C@@H]1NCCC[C@@H]1CN(C)CCc1nc2c3ccc4c(c3nc(N)n2n1)OC(F)(F)O4. The molecule has 2 aliphatic heterocycles. The van der Waals surface area contributed by atoms with Crippen LogP contribution in [0.3, 0.4) is 0 Å². The highest BCUT2D eigenvalue weighted by molar-refractivity contribution is 5.97. The first kappa shape index (κ1) is 20.1. The van der Waals surface area contributed by atoms with Gasteiger partial charge in [0, 0.05) is 30.9 Å². The number of aromatic nitrogens is 4. The van der Waals surface area contributed by atoms with Crippen LogP contribution in [0.4, 0.5) is 14.7 Å². The van der Waals surface area contributed by atoms with Crippen molar-refractivity contribution in [2.24, 2.45) is 5.92 Å². The normalized spacial score (nSPS) is 22.6. The number of nitrogens with two attached hydrogens (primary N) is 1. The number of likely N-dealkylation sites (N-methyl/N-ethyl adjacent to an activating group) is 1. The van der Waals surface area contributed by atoms with Crippen molar-refractivity contribution < 1.29 is 18.3 Å². The molecule has 0 bridgehead atoms. The molecule has 4 heterocycles. The van der Waals surface area contributed by atoms with Gasteiger partial charge in [-0.2, -0.15) is 4.52 Å². The number of nitrogens with one attached hydrogen (secondary N) is 1. The fourth-order valence-electron chi connectivity index (χ4n) is 4.39. The molecule has 2 aliphatic rings. The van der Waals surface area contributed by atoms with Gasteiger partial charge in [-0.3, -0.25) is 0 Å². The molecule has 2 aromatic heterocycles. The van der Waals surface area contributed by atoms with Crippen molar-refractivity contribution in [2.75, 3.05) is 32.4 Å². The van der Waals surface area contributed by atoms with Crippen molar-refractivity contribution in [1.29, 1.82) is 0 Å². The third-order valence-electron chi connectivity index (χ3n) is 6.07. The van der Waals surface area contributed by atoms with Crippen molar-refractivity contribution in [3.63, 3.8) is 0 Å². The molecule has 3 N–H and O–H groups in total. The molecule has 2 atom stereocenters. The van der Waals surface area contributed by atoms with Crippen LogP contribution in [-0.2, 0) is 6.42 Å². The lowest BCUT2D eigenvalue weighted by Crippen LogP contribution is -2.44. The first-order chi connectivity index (χ1) is 14.8. The Morgan fingerprint density at radius 2 is 2.16 bits per heavy atom. The number of alkyl halides is 2. The Bertz CT molecular complexity index is 1140. The van der Waals surface area contributed by atoms with Gasteiger partial charge in [-0.25, -0.2) is 9.97 Å². The third-order valence-corrected chi connectivity index (χ3v) is 6.07. The van der Waals surface area contributed by atoms with Crippen LogP contribution in [0, 0.1) is 5.92 Å². The zero-order valence-electron chi connectivity index (χ0n) is 17.4. The minimum Gasteiger partial charge on any atom is -0.395 e. The van der Waals surface area contributed by atoms with Gasteiger partial charge in [0.1, 0.15) is 5.52 Å². The molecule has 0 radical (unpaired) electrons. The van der Waals surface area contributed by atoms with Gasteiger partial charge in [0.05, 0.1) is 0 Å². The summed E-state index contributed by atoms with van der Waals surface area (Å²) in [6.07, 6.45) is -0.654. The van der Waals surface area contributed by atoms with E-state index in [2.05, 4.69) is 48.7 Å². The number of piperidine rings is 1. The van der Waals surface area contributed by atoms with Gasteiger partial charge in [-0.1, -0.05) is 0 Å². The Kier molecular flexibility index (Phi) is 4.82. The van der Waals surface area contributed by atoms with Crippen LogP contribution in [0.2, 0.25) is 0 Å². The van der Waals surface area contributed by atoms with E-state index in [0.29, 0.717) is 35.2 Å². The summed E-state index contributed by atoms with van der Waals surface area (Å²) in [5, 5.41) is 8.53. The lowest BCUT2D eigenvalue weighted by Gasteiger charge is -2.33. The van der Waals surface area contributed by atoms with Crippen LogP contribution < -0.4 is 20.5 Å². The van der Waals surface area contributed by atoms with Gasteiger partial charge in [0.25, 0.3) is 0 Å². The average molecular weight is 433 g/mol. The summed E-state index contributed by atoms with van der Waals surface area (Å²) in [6.45, 7) is 5.13. The van der Waals surface area contributed by atoms with E-state index in [0.717, 1.165) is 19.6 Å². The number of rotatable bonds is 5. The van der Waals surface area contributed by atoms with E-state index in [1.807, 2.05) is 0 Å². The molecule has 11 heteroatoms. The van der Waals surface area contributed by atoms with Crippen LogP contribution in [0.15, 0.2) is 12.1 Å². The van der Waals surface area contributed by atoms with Crippen LogP contribution in [-0.4, -0.2) is 63.5 Å². The minimum absolute atomic E-state index is 0.0453. The lowest BCUT2D eigenvalue weighted by molar-refractivity contribution is -0.286. The molecule has 31 heavy (non-hydrogen) atoms. The maximum absolute atomic E-state index is 13.5. The van der Waals surface area contributed by atoms with E-state index >= 15 is 0 Å². The second kappa shape index (κ2) is 7.41. The van der Waals surface area contributed by atoms with Crippen molar-refractivity contribution in [1.82, 2.24) is 29.8 Å². The van der Waals surface area contributed by atoms with Crippen molar-refractivity contribution >= 4 is 22.5 Å². The van der Waals surface area contributed by atoms with E-state index in [1.54, 1.807) is 6.07 Å². The smallest absolute Gasteiger partial charge is 0.395 e. The van der Waals surface area contributed by atoms with Crippen molar-refractivity contribution in [3.8, 4) is 11.5 Å². The van der Waals surface area contributed by atoms with Crippen LogP contribution in [0.5, 0.6) is 11.5 Å². The highest BCUT2D eigenvalue weighted by Gasteiger charge is 2.45. The fourth-order valence-corrected chi connectivity index (χ4v) is 4.39. The first-order valence-electron chi connectivity index (χ1n) is 10.5. The van der Waals surface area contributed by atoms with Gasteiger partial charge in [-0.15, -0.1) is 13.9 Å². The molecule has 166 valence electrons. The Labute approximate surface area is 177 Å². The first-order valence-corrected chi connectivity index (χ1v) is 10.5. The molecular weight excluding hydrogens is 408 g/mol. The predicted molar refractivity (Wildman–Crippen MR) is 110 cm³/mol. The molecule has 0 saturated carbocycles. The molecule has 3 aromatic rings. The number of ether oxygens (including phenoxy) is 2. The monoisotopic (exact) mass is 433 g/mol. The Morgan fingerprint density at radius 3 is 2.97 bits per heavy atom. The molecule has 1 fully saturated rings. The fraction of sp³-hybridized carbons (Fsp3) is 0.550. The quantitative estimate of drug-likeness (QED) is 0.630. The average Bonchev–Trinajstić information content (AvgIpc) is 3.28. The van der Waals surface area contributed by atoms with E-state index in [9.17, 15) is 8.78 Å². The number of nitrogen functional groups attached to an aromatic ring is 1. The molecule has 0 unspecified atom stereocenters. The molecule has 9 nitrogen and oxygen atoms in total. The number of halogens is 2. The second-order valence-corrected chi connectivity index (χ2v) is 8.35. The van der Waals surface area contributed by atoms with E-state index < -0.39 is 6.29 Å². The maximum Gasteiger partial charge on any atom is 0.586 e. The molecule has 0 amide bonds. The van der Waals surface area contributed by atoms with Gasteiger partial charge < -0.3 is 25.4 Å². The number of nitrogens with zero attached hydrogens (tertiary/aromatic N) is 5. The summed E-state index contributed by atoms with van der Waals surface area (Å²) >= 11 is 0. The van der Waals surface area contributed by atoms with E-state index in [-0.39, 0.29) is 23.0 Å². The third kappa shape index (κ3) is 3.72. The molecule has 1 aromatic carbocycles. The standard InChI is InChI=1S/C20H25F2N7O2/c1-11-12(4-3-8-24-11)10-28(2)9-7-15-25-18-13-5-6-14-17(31-20(21,22)30-14)16(13)26-19(23)29(18)27-15/h5-6,11-12,24H,3-4,7-10H2,1-2H3,(H2,23,26)/t11-,12+/m0/s1. The van der Waals surface area contributed by atoms with Gasteiger partial charge in [0.2, 0.25) is 5.95 Å². The molecular formula is C20H25F2N7O2. The summed E-state index contributed by atoms with van der Waals surface area (Å²) in [6, 6.07) is 3.54. The molecule has 0 aliphatic carbocycles. The summed E-state index contributed by atoms with van der Waals surface area (Å²) in [5.74, 6) is 1.06.